The van der Waals surface area contributed by atoms with E-state index >= 15 is 0 Å². The maximum atomic E-state index is 13.8. The first-order valence-corrected chi connectivity index (χ1v) is 19.4. The molecule has 0 bridgehead atoms. The second kappa shape index (κ2) is 24.7. The number of aliphatic carboxylic acids is 1. The smallest absolute Gasteiger partial charge is 0.322 e. The van der Waals surface area contributed by atoms with Crippen molar-refractivity contribution in [2.24, 2.45) is 28.1 Å². The molecule has 57 heavy (non-hydrogen) atoms. The summed E-state index contributed by atoms with van der Waals surface area (Å²) in [5.41, 5.74) is 18.3. The molecule has 0 spiro atoms. The van der Waals surface area contributed by atoms with Gasteiger partial charge in [0.05, 0.1) is 6.04 Å². The first-order valence-electron chi connectivity index (χ1n) is 18.4. The zero-order chi connectivity index (χ0) is 42.5. The largest absolute Gasteiger partial charge is 0.508 e. The number of aromatic hydroxyl groups is 1. The number of carboxylic acids is 1. The maximum Gasteiger partial charge on any atom is 0.322 e. The van der Waals surface area contributed by atoms with E-state index in [4.69, 9.17) is 22.3 Å². The van der Waals surface area contributed by atoms with Crippen LogP contribution < -0.4 is 43.8 Å². The van der Waals surface area contributed by atoms with Crippen LogP contribution in [-0.2, 0) is 46.4 Å². The number of amides is 5. The van der Waals surface area contributed by atoms with Crippen LogP contribution in [0.5, 0.6) is 5.75 Å². The summed E-state index contributed by atoms with van der Waals surface area (Å²) in [6.45, 7) is 4.77. The summed E-state index contributed by atoms with van der Waals surface area (Å²) >= 11 is 0.796. The second-order valence-electron chi connectivity index (χ2n) is 13.7. The molecule has 0 saturated carbocycles. The van der Waals surface area contributed by atoms with Crippen molar-refractivity contribution in [3.05, 3.63) is 65.7 Å². The Morgan fingerprint density at radius 2 is 1.33 bits per heavy atom. The number of carbonyl (C=O) groups excluding carboxylic acids is 6. The molecule has 2 aromatic carbocycles. The Morgan fingerprint density at radius 1 is 0.754 bits per heavy atom. The first-order chi connectivity index (χ1) is 26.9. The van der Waals surface area contributed by atoms with E-state index in [9.17, 15) is 38.7 Å². The van der Waals surface area contributed by atoms with Crippen molar-refractivity contribution in [3.63, 3.8) is 0 Å². The van der Waals surface area contributed by atoms with Gasteiger partial charge in [0.15, 0.2) is 5.96 Å². The van der Waals surface area contributed by atoms with Crippen LogP contribution in [0.3, 0.4) is 0 Å². The number of hydrogen-bond acceptors (Lipinski definition) is 11. The highest BCUT2D eigenvalue weighted by Gasteiger charge is 2.31. The zero-order valence-corrected chi connectivity index (χ0v) is 33.2. The Bertz CT molecular complexity index is 1690. The summed E-state index contributed by atoms with van der Waals surface area (Å²) in [6.07, 6.45) is 0.587. The standard InChI is InChI=1S/C38H55N9O9S/c1-22(2)18-27(39)34(53)46-29(19-25-11-13-26(48)14-12-25)36(55)45-28(10-7-16-42-38(40)41)35(54)44-23(3)33(52)47-30(20-24-8-5-4-6-9-24)37(56)57-17-15-31(49)43-21-32(50)51/h4-6,8-9,11-14,22-23,27-30,48H,7,10,15-21,39H2,1-3H3,(H,43,49)(H,44,54)(H,45,55)(H,46,53)(H,47,52)(H,50,51)(H4,40,41,42)/t23-,27-,28-,29-,30-/m0/s1. The number of nitrogens with two attached hydrogens (primary N) is 3. The molecule has 0 aliphatic heterocycles. The van der Waals surface area contributed by atoms with E-state index in [0.29, 0.717) is 12.0 Å². The van der Waals surface area contributed by atoms with Crippen LogP contribution in [0.2, 0.25) is 0 Å². The Labute approximate surface area is 335 Å². The van der Waals surface area contributed by atoms with Gasteiger partial charge in [0.25, 0.3) is 0 Å². The predicted molar refractivity (Wildman–Crippen MR) is 215 cm³/mol. The van der Waals surface area contributed by atoms with Crippen LogP contribution in [0.15, 0.2) is 59.6 Å². The molecule has 19 heteroatoms. The average molecular weight is 814 g/mol. The number of hydrogen-bond donors (Lipinski definition) is 10. The van der Waals surface area contributed by atoms with Crippen LogP contribution in [0.4, 0.5) is 0 Å². The molecule has 13 N–H and O–H groups in total. The van der Waals surface area contributed by atoms with Crippen molar-refractivity contribution in [1.29, 1.82) is 0 Å². The van der Waals surface area contributed by atoms with Crippen molar-refractivity contribution in [1.82, 2.24) is 26.6 Å². The number of thioether (sulfide) groups is 1. The number of guanidine groups is 1. The lowest BCUT2D eigenvalue weighted by molar-refractivity contribution is -0.137. The molecule has 0 aliphatic carbocycles. The fourth-order valence-corrected chi connectivity index (χ4v) is 6.17. The lowest BCUT2D eigenvalue weighted by atomic mass is 10.0. The van der Waals surface area contributed by atoms with E-state index in [-0.39, 0.29) is 62.0 Å². The summed E-state index contributed by atoms with van der Waals surface area (Å²) in [5, 5.41) is 30.9. The Balaban J connectivity index is 2.24. The van der Waals surface area contributed by atoms with Gasteiger partial charge in [0, 0.05) is 31.6 Å². The molecule has 2 aromatic rings. The summed E-state index contributed by atoms with van der Waals surface area (Å²) in [7, 11) is 0. The first kappa shape index (κ1) is 47.5. The van der Waals surface area contributed by atoms with E-state index in [1.165, 1.54) is 19.1 Å². The molecule has 0 heterocycles. The number of carboxylic acid groups (broad SMARTS) is 1. The van der Waals surface area contributed by atoms with Crippen molar-refractivity contribution in [2.45, 2.75) is 89.5 Å². The number of aliphatic imine (C=N–C) groups is 1. The number of benzene rings is 2. The number of phenols is 1. The number of carbonyl (C=O) groups is 7. The molecule has 0 unspecified atom stereocenters. The predicted octanol–water partition coefficient (Wildman–Crippen LogP) is -0.586. The molecule has 0 saturated heterocycles. The molecule has 0 fully saturated rings. The monoisotopic (exact) mass is 813 g/mol. The van der Waals surface area contributed by atoms with Gasteiger partial charge in [-0.05, 0) is 55.4 Å². The van der Waals surface area contributed by atoms with Gasteiger partial charge >= 0.3 is 5.97 Å². The minimum Gasteiger partial charge on any atom is -0.508 e. The lowest BCUT2D eigenvalue weighted by Crippen LogP contribution is -2.58. The highest BCUT2D eigenvalue weighted by atomic mass is 32.2. The second-order valence-corrected chi connectivity index (χ2v) is 14.8. The Kier molecular flexibility index (Phi) is 20.6. The van der Waals surface area contributed by atoms with Gasteiger partial charge in [-0.2, -0.15) is 0 Å². The Morgan fingerprint density at radius 3 is 1.95 bits per heavy atom. The Hall–Kier alpha value is -5.69. The summed E-state index contributed by atoms with van der Waals surface area (Å²) in [4.78, 5) is 94.0. The third-order valence-corrected chi connectivity index (χ3v) is 9.27. The summed E-state index contributed by atoms with van der Waals surface area (Å²) in [5.74, 6) is -4.53. The van der Waals surface area contributed by atoms with Gasteiger partial charge in [0.1, 0.15) is 36.5 Å². The van der Waals surface area contributed by atoms with Gasteiger partial charge < -0.3 is 54.0 Å². The van der Waals surface area contributed by atoms with Gasteiger partial charge in [-0.25, -0.2) is 0 Å². The molecule has 5 amide bonds. The van der Waals surface area contributed by atoms with E-state index < -0.39 is 77.4 Å². The van der Waals surface area contributed by atoms with E-state index in [1.807, 2.05) is 13.8 Å². The third kappa shape index (κ3) is 19.1. The molecular formula is C38H55N9O9S. The van der Waals surface area contributed by atoms with E-state index in [2.05, 4.69) is 31.6 Å². The van der Waals surface area contributed by atoms with Crippen molar-refractivity contribution < 1.29 is 43.8 Å². The average Bonchev–Trinajstić information content (AvgIpc) is 3.15. The topological polar surface area (TPSA) is 311 Å². The van der Waals surface area contributed by atoms with Crippen LogP contribution in [0.1, 0.15) is 57.6 Å². The SMILES string of the molecule is CC(C)C[C@H](N)C(=O)N[C@@H](Cc1ccc(O)cc1)C(=O)N[C@@H](CCCN=C(N)N)C(=O)N[C@@H](C)C(=O)N[C@@H](Cc1ccccc1)C(=O)SCCC(=O)NCC(=O)O. The quantitative estimate of drug-likeness (QED) is 0.0361. The normalized spacial score (nSPS) is 13.5. The maximum absolute atomic E-state index is 13.8. The van der Waals surface area contributed by atoms with E-state index in [1.54, 1.807) is 42.5 Å². The van der Waals surface area contributed by atoms with Crippen LogP contribution in [0, 0.1) is 5.92 Å². The molecule has 2 rings (SSSR count). The number of phenolic OH excluding ortho intramolecular Hbond substituents is 1. The number of nitrogens with one attached hydrogen (secondary N) is 5. The minimum atomic E-state index is -1.23. The molecule has 0 aromatic heterocycles. The van der Waals surface area contributed by atoms with Crippen molar-refractivity contribution >= 4 is 58.3 Å². The molecule has 312 valence electrons. The van der Waals surface area contributed by atoms with E-state index in [0.717, 1.165) is 17.3 Å². The highest BCUT2D eigenvalue weighted by molar-refractivity contribution is 8.13. The number of rotatable bonds is 24. The number of nitrogens with zero attached hydrogens (tertiary/aromatic N) is 1. The van der Waals surface area contributed by atoms with Crippen LogP contribution >= 0.6 is 11.8 Å². The molecule has 5 atom stereocenters. The fraction of sp³-hybridized carbons (Fsp3) is 0.474. The van der Waals surface area contributed by atoms with Crippen LogP contribution in [-0.4, -0.2) is 106 Å². The van der Waals surface area contributed by atoms with Crippen LogP contribution in [0.25, 0.3) is 0 Å². The fourth-order valence-electron chi connectivity index (χ4n) is 5.34. The summed E-state index contributed by atoms with van der Waals surface area (Å²) in [6, 6.07) is 9.33. The van der Waals surface area contributed by atoms with Gasteiger partial charge in [-0.1, -0.05) is 68.1 Å². The molecule has 18 nitrogen and oxygen atoms in total. The molecule has 0 radical (unpaired) electrons. The van der Waals surface area contributed by atoms with Gasteiger partial charge in [-0.15, -0.1) is 0 Å². The molecular weight excluding hydrogens is 759 g/mol. The minimum absolute atomic E-state index is 0.00471. The lowest BCUT2D eigenvalue weighted by Gasteiger charge is -2.26. The van der Waals surface area contributed by atoms with Crippen molar-refractivity contribution in [2.75, 3.05) is 18.8 Å². The highest BCUT2D eigenvalue weighted by Crippen LogP contribution is 2.15. The summed E-state index contributed by atoms with van der Waals surface area (Å²) < 4.78 is 0. The molecule has 0 aliphatic rings. The van der Waals surface area contributed by atoms with Gasteiger partial charge in [0.2, 0.25) is 34.7 Å². The van der Waals surface area contributed by atoms with Gasteiger partial charge in [-0.3, -0.25) is 38.6 Å². The van der Waals surface area contributed by atoms with Crippen molar-refractivity contribution in [3.8, 4) is 5.75 Å². The third-order valence-electron chi connectivity index (χ3n) is 8.30. The zero-order valence-electron chi connectivity index (χ0n) is 32.4.